The van der Waals surface area contributed by atoms with Gasteiger partial charge >= 0.3 is 47.8 Å². The van der Waals surface area contributed by atoms with E-state index < -0.39 is 124 Å². The van der Waals surface area contributed by atoms with Gasteiger partial charge in [-0.1, -0.05) is 19.6 Å². The Morgan fingerprint density at radius 3 is 0.874 bits per heavy atom. The molecule has 135 heavy (non-hydrogen) atoms. The summed E-state index contributed by atoms with van der Waals surface area (Å²) >= 11 is 9.73. The second kappa shape index (κ2) is 68.2. The number of methoxy groups -OCH3 is 2. The molecule has 6 aromatic carbocycles. The van der Waals surface area contributed by atoms with Gasteiger partial charge in [-0.2, -0.15) is 0 Å². The molecule has 742 valence electrons. The van der Waals surface area contributed by atoms with Crippen molar-refractivity contribution in [3.05, 3.63) is 214 Å². The van der Waals surface area contributed by atoms with Gasteiger partial charge in [0.15, 0.2) is 0 Å². The molecule has 36 nitrogen and oxygen atoms in total. The van der Waals surface area contributed by atoms with Gasteiger partial charge in [0.1, 0.15) is 65.1 Å². The Morgan fingerprint density at radius 1 is 0.400 bits per heavy atom. The van der Waals surface area contributed by atoms with Gasteiger partial charge in [-0.3, -0.25) is 67.1 Å². The summed E-state index contributed by atoms with van der Waals surface area (Å²) < 4.78 is 101. The van der Waals surface area contributed by atoms with Crippen LogP contribution in [0.25, 0.3) is 0 Å². The van der Waals surface area contributed by atoms with Gasteiger partial charge < -0.3 is 102 Å². The first kappa shape index (κ1) is 120. The molecule has 0 bridgehead atoms. The predicted octanol–water partition coefficient (Wildman–Crippen LogP) is 9.29. The lowest BCUT2D eigenvalue weighted by Crippen LogP contribution is -2.51. The summed E-state index contributed by atoms with van der Waals surface area (Å²) in [7, 11) is 2.54. The van der Waals surface area contributed by atoms with Crippen LogP contribution in [0.1, 0.15) is 180 Å². The molecule has 4 aliphatic rings. The van der Waals surface area contributed by atoms with Gasteiger partial charge in [-0.05, 0) is 233 Å². The van der Waals surface area contributed by atoms with E-state index in [0.29, 0.717) is 89.4 Å². The number of aliphatic carboxylic acids is 6. The summed E-state index contributed by atoms with van der Waals surface area (Å²) in [6, 6.07) is 26.6. The third-order valence-corrected chi connectivity index (χ3v) is 19.0. The first-order valence-electron chi connectivity index (χ1n) is 41.7. The molecule has 7 atom stereocenters. The maximum absolute atomic E-state index is 13.0. The van der Waals surface area contributed by atoms with E-state index in [2.05, 4.69) is 47.7 Å². The van der Waals surface area contributed by atoms with E-state index in [1.54, 1.807) is 9.80 Å². The number of benzene rings is 6. The third-order valence-electron chi connectivity index (χ3n) is 18.7. The summed E-state index contributed by atoms with van der Waals surface area (Å²) in [6.07, 6.45) is 3.22. The van der Waals surface area contributed by atoms with Gasteiger partial charge in [0.25, 0.3) is 28.9 Å². The largest absolute Gasteiger partial charge is 0.481 e. The third kappa shape index (κ3) is 54.8. The van der Waals surface area contributed by atoms with Gasteiger partial charge in [0.2, 0.25) is 17.1 Å². The highest BCUT2D eigenvalue weighted by atomic mass is 35.5. The zero-order valence-corrected chi connectivity index (χ0v) is 75.0. The molecule has 0 spiro atoms. The number of nitrogens with one attached hydrogen (secondary N) is 5. The maximum Gasteiger partial charge on any atom is 0.326 e. The normalized spacial score (nSPS) is 14.6. The van der Waals surface area contributed by atoms with Crippen LogP contribution in [0.4, 0.5) is 26.3 Å². The van der Waals surface area contributed by atoms with Crippen LogP contribution < -0.4 is 38.1 Å². The van der Waals surface area contributed by atoms with Crippen molar-refractivity contribution in [2.75, 3.05) is 93.1 Å². The average molecular weight is 1950 g/mol. The maximum atomic E-state index is 13.0. The molecule has 15 N–H and O–H groups in total. The highest BCUT2D eigenvalue weighted by molar-refractivity contribution is 6.67. The zero-order chi connectivity index (χ0) is 100. The van der Waals surface area contributed by atoms with Gasteiger partial charge in [0.05, 0.1) is 53.9 Å². The molecule has 1 saturated carbocycles. The van der Waals surface area contributed by atoms with Crippen LogP contribution in [-0.2, 0) is 76.4 Å². The van der Waals surface area contributed by atoms with Gasteiger partial charge in [0, 0.05) is 118 Å². The van der Waals surface area contributed by atoms with Crippen molar-refractivity contribution in [3.8, 4) is 0 Å². The molecule has 3 heterocycles. The van der Waals surface area contributed by atoms with Crippen molar-refractivity contribution in [2.45, 2.75) is 159 Å². The van der Waals surface area contributed by atoms with Crippen molar-refractivity contribution < 1.29 is 157 Å². The van der Waals surface area contributed by atoms with E-state index >= 15 is 0 Å². The minimum Gasteiger partial charge on any atom is -0.481 e. The van der Waals surface area contributed by atoms with E-state index in [4.69, 9.17) is 67.9 Å². The van der Waals surface area contributed by atoms with E-state index in [0.717, 1.165) is 69.1 Å². The number of amides is 6. The number of carbonyl (C=O) groups is 16. The molecule has 6 amide bonds. The van der Waals surface area contributed by atoms with Crippen LogP contribution in [0.15, 0.2) is 146 Å². The molecule has 44 heteroatoms. The number of carboxylic acid groups (broad SMARTS) is 6. The highest BCUT2D eigenvalue weighted by Crippen LogP contribution is 2.38. The van der Waals surface area contributed by atoms with E-state index in [-0.39, 0.29) is 141 Å². The minimum atomic E-state index is -1.24. The van der Waals surface area contributed by atoms with Crippen LogP contribution >= 0.6 is 23.2 Å². The van der Waals surface area contributed by atoms with Gasteiger partial charge in [-0.25, -0.2) is 35.9 Å². The SMILES string of the molecule is C.C1COCCN1.CC(=O)Cl.COC(=O)CCC[C@H](NC(=O)c1ccc(F)cc1)C(=O)N1CCOCC1.COC(=O)CCC[C@H](NC(=O)c1ccc(F)cc1)C(=O)O.N[C@@H](CCCC(=O)O)C(=O)O.N[C@@H]1C[C@H]1c1ccc(F)cc1.O=C(Cl)c1ccc(F)cc1.O=C(O)CCC[C@H](NC(=O)c1ccc(F)cc1)C(=O)N1CCOCC1.O=C(O)CCC[C@H](NC(=O)c1ccc(F)cc1)C(=O)O. The zero-order valence-electron chi connectivity index (χ0n) is 73.5. The summed E-state index contributed by atoms with van der Waals surface area (Å²) in [5.41, 5.74) is 13.0. The van der Waals surface area contributed by atoms with Crippen molar-refractivity contribution in [2.24, 2.45) is 11.5 Å². The van der Waals surface area contributed by atoms with Crippen LogP contribution in [0, 0.1) is 34.9 Å². The van der Waals surface area contributed by atoms with E-state index in [1.165, 1.54) is 124 Å². The van der Waals surface area contributed by atoms with Crippen molar-refractivity contribution in [3.63, 3.8) is 0 Å². The molecule has 0 unspecified atom stereocenters. The van der Waals surface area contributed by atoms with E-state index in [1.807, 2.05) is 12.1 Å². The number of ether oxygens (including phenoxy) is 5. The Bertz CT molecular complexity index is 4670. The van der Waals surface area contributed by atoms with Crippen molar-refractivity contribution >= 4 is 117 Å². The summed E-state index contributed by atoms with van der Waals surface area (Å²) in [4.78, 5) is 182. The van der Waals surface area contributed by atoms with Crippen LogP contribution in [0.5, 0.6) is 0 Å². The molecular formula is C91H115Cl2F6N9O27. The molecular weight excluding hydrogens is 1840 g/mol. The number of morpholine rings is 3. The topological polar surface area (TPSA) is 559 Å². The molecule has 3 saturated heterocycles. The Balaban J connectivity index is 0.000000789. The monoisotopic (exact) mass is 1950 g/mol. The molecule has 3 aliphatic heterocycles. The Labute approximate surface area is 784 Å². The number of carboxylic acids is 6. The average Bonchev–Trinajstić information content (AvgIpc) is 1.67. The fraction of sp³-hybridized carbons (Fsp3) is 0.429. The second-order valence-electron chi connectivity index (χ2n) is 29.1. The number of nitrogens with two attached hydrogens (primary N) is 2. The quantitative estimate of drug-likeness (QED) is 0.0100. The predicted molar refractivity (Wildman–Crippen MR) is 478 cm³/mol. The summed E-state index contributed by atoms with van der Waals surface area (Å²) in [5.74, 6) is -11.9. The summed E-state index contributed by atoms with van der Waals surface area (Å²) in [5, 5.41) is 63.9. The van der Waals surface area contributed by atoms with Crippen molar-refractivity contribution in [1.82, 2.24) is 36.4 Å². The van der Waals surface area contributed by atoms with E-state index in [9.17, 15) is 103 Å². The lowest BCUT2D eigenvalue weighted by Gasteiger charge is -2.30. The fourth-order valence-corrected chi connectivity index (χ4v) is 11.6. The molecule has 0 aromatic heterocycles. The molecule has 6 aromatic rings. The Kier molecular flexibility index (Phi) is 60.7. The number of hydrogen-bond acceptors (Lipinski definition) is 24. The smallest absolute Gasteiger partial charge is 0.326 e. The number of carbonyl (C=O) groups excluding carboxylic acids is 10. The van der Waals surface area contributed by atoms with Crippen LogP contribution in [0.2, 0.25) is 0 Å². The Morgan fingerprint density at radius 2 is 0.644 bits per heavy atom. The molecule has 4 fully saturated rings. The fourth-order valence-electron chi connectivity index (χ4n) is 11.4. The molecule has 10 rings (SSSR count). The number of nitrogens with zero attached hydrogens (tertiary/aromatic N) is 2. The molecule has 0 radical (unpaired) electrons. The van der Waals surface area contributed by atoms with Gasteiger partial charge in [-0.15, -0.1) is 0 Å². The van der Waals surface area contributed by atoms with Crippen LogP contribution in [-0.4, -0.2) is 264 Å². The standard InChI is InChI=1S/C18H23FN2O5.C17H21FN2O5.C14H16FNO5.C13H14FNO5.C9H10FN.C7H4ClFO.C6H11NO4.C4H9NO.C2H3ClO.CH4/c1-25-16(22)4-2-3-15(18(24)21-9-11-26-12-10-21)20-17(23)13-5-7-14(19)8-6-13;18-13-6-4-12(5-7-13)16(23)19-14(2-1-3-15(21)22)17(24)20-8-10-25-11-9-20;1-21-12(17)4-2-3-11(14(19)20)16-13(18)9-5-7-10(15)8-6-9;14-9-6-4-8(5-7-9)12(18)15-10(13(19)20)2-1-3-11(16)17;10-7-3-1-6(2-4-7)8-5-9(8)11;8-7(10)5-1-3-6(9)4-2-5;7-4(6(10)11)2-1-3-5(8)9;1-3-6-4-2-5-1;1-2(3)4;/h5-8,15H,2-4,9-12H2,1H3,(H,20,23);4-7,14H,1-3,8-11H2,(H,19,23)(H,21,22);5-8,11H,2-4H2,1H3,(H,16,18)(H,19,20);4-7,10H,1-3H2,(H,15,18)(H,16,17)(H,19,20);1-4,8-9H,5,11H2;1-4H;4H,1-3,7H2,(H,8,9)(H,10,11);5H,1-4H2;1H3;1H4/t15-;14-;11-;10-;8-,9+;;4-;;;/m00000.0.../s1. The van der Waals surface area contributed by atoms with Crippen molar-refractivity contribution in [1.29, 1.82) is 0 Å². The first-order chi connectivity index (χ1) is 63.5. The number of rotatable bonds is 35. The second-order valence-corrected chi connectivity index (χ2v) is 30.0. The lowest BCUT2D eigenvalue weighted by atomic mass is 10.1. The summed E-state index contributed by atoms with van der Waals surface area (Å²) in [6.45, 7) is 8.67. The first-order valence-corrected chi connectivity index (χ1v) is 42.4. The van der Waals surface area contributed by atoms with Crippen LogP contribution in [0.3, 0.4) is 0 Å². The molecule has 1 aliphatic carbocycles. The number of hydrogen-bond donors (Lipinski definition) is 13. The Hall–Kier alpha value is -12.8. The number of esters is 2. The highest BCUT2D eigenvalue weighted by Gasteiger charge is 2.35. The number of halogens is 8. The lowest BCUT2D eigenvalue weighted by molar-refractivity contribution is -0.142. The minimum absolute atomic E-state index is 0.